The van der Waals surface area contributed by atoms with Crippen LogP contribution in [0.1, 0.15) is 20.8 Å². The van der Waals surface area contributed by atoms with Crippen molar-refractivity contribution in [2.75, 3.05) is 52.9 Å². The van der Waals surface area contributed by atoms with Crippen molar-refractivity contribution in [3.05, 3.63) is 11.4 Å². The third-order valence-corrected chi connectivity index (χ3v) is 6.31. The van der Waals surface area contributed by atoms with Crippen molar-refractivity contribution in [2.24, 2.45) is 4.99 Å². The van der Waals surface area contributed by atoms with Crippen molar-refractivity contribution >= 4 is 24.0 Å². The van der Waals surface area contributed by atoms with Crippen molar-refractivity contribution in [1.29, 1.82) is 0 Å². The molecule has 0 aromatic carbocycles. The van der Waals surface area contributed by atoms with E-state index in [-0.39, 0.29) is 12.0 Å². The Hall–Kier alpha value is -2.82. The summed E-state index contributed by atoms with van der Waals surface area (Å²) in [5, 5.41) is 2.41. The van der Waals surface area contributed by atoms with Gasteiger partial charge in [0.1, 0.15) is 0 Å². The van der Waals surface area contributed by atoms with Crippen LogP contribution in [0.5, 0.6) is 0 Å². The number of hydrogen-bond acceptors (Lipinski definition) is 8. The SMILES string of the molecule is CCOC(=O)N1CCN(CCN2C3=NC4C(C(=O)NC(=O)N4C)N3C(C)=C2C)CC1. The zero-order chi connectivity index (χ0) is 21.6. The number of aliphatic imine (C=N–C) groups is 1. The molecule has 1 N–H and O–H groups in total. The van der Waals surface area contributed by atoms with E-state index >= 15 is 0 Å². The summed E-state index contributed by atoms with van der Waals surface area (Å²) in [6.07, 6.45) is -0.762. The molecule has 0 aliphatic carbocycles. The van der Waals surface area contributed by atoms with Gasteiger partial charge in [-0.05, 0) is 20.8 Å². The average Bonchev–Trinajstić information content (AvgIpc) is 3.22. The van der Waals surface area contributed by atoms with Gasteiger partial charge < -0.3 is 19.4 Å². The lowest BCUT2D eigenvalue weighted by molar-refractivity contribution is -0.126. The van der Waals surface area contributed by atoms with Crippen LogP contribution in [0.2, 0.25) is 0 Å². The van der Waals surface area contributed by atoms with E-state index in [1.807, 2.05) is 25.7 Å². The molecule has 2 saturated heterocycles. The van der Waals surface area contributed by atoms with Crippen molar-refractivity contribution < 1.29 is 19.1 Å². The van der Waals surface area contributed by atoms with Gasteiger partial charge in [0.15, 0.2) is 12.2 Å². The first-order chi connectivity index (χ1) is 14.3. The molecular weight excluding hydrogens is 390 g/mol. The second-order valence-electron chi connectivity index (χ2n) is 7.91. The van der Waals surface area contributed by atoms with Gasteiger partial charge in [-0.3, -0.25) is 19.9 Å². The molecule has 4 heterocycles. The molecule has 11 nitrogen and oxygen atoms in total. The number of carbonyl (C=O) groups excluding carboxylic acids is 3. The molecule has 4 rings (SSSR count). The molecule has 11 heteroatoms. The van der Waals surface area contributed by atoms with E-state index in [2.05, 4.69) is 15.1 Å². The third-order valence-electron chi connectivity index (χ3n) is 6.31. The van der Waals surface area contributed by atoms with Crippen molar-refractivity contribution in [3.8, 4) is 0 Å². The van der Waals surface area contributed by atoms with Gasteiger partial charge in [-0.2, -0.15) is 0 Å². The fraction of sp³-hybridized carbons (Fsp3) is 0.684. The molecule has 2 fully saturated rings. The first-order valence-electron chi connectivity index (χ1n) is 10.4. The Morgan fingerprint density at radius 2 is 1.83 bits per heavy atom. The first kappa shape index (κ1) is 20.5. The van der Waals surface area contributed by atoms with Crippen LogP contribution in [-0.4, -0.2) is 114 Å². The maximum absolute atomic E-state index is 12.5. The topological polar surface area (TPSA) is 101 Å². The van der Waals surface area contributed by atoms with Gasteiger partial charge in [-0.25, -0.2) is 14.6 Å². The predicted molar refractivity (Wildman–Crippen MR) is 108 cm³/mol. The molecular formula is C19H29N7O4. The molecule has 4 amide bonds. The van der Waals surface area contributed by atoms with E-state index in [1.54, 1.807) is 11.9 Å². The van der Waals surface area contributed by atoms with E-state index in [1.165, 1.54) is 4.90 Å². The number of amides is 4. The summed E-state index contributed by atoms with van der Waals surface area (Å²) in [6, 6.07) is -0.952. The number of hydrogen-bond donors (Lipinski definition) is 1. The van der Waals surface area contributed by atoms with E-state index in [4.69, 9.17) is 9.73 Å². The van der Waals surface area contributed by atoms with Crippen LogP contribution in [0.15, 0.2) is 16.4 Å². The smallest absolute Gasteiger partial charge is 0.409 e. The van der Waals surface area contributed by atoms with Crippen LogP contribution in [0.4, 0.5) is 9.59 Å². The molecule has 164 valence electrons. The normalized spacial score (nSPS) is 26.7. The number of ether oxygens (including phenoxy) is 1. The van der Waals surface area contributed by atoms with Crippen LogP contribution in [0.3, 0.4) is 0 Å². The lowest BCUT2D eigenvalue weighted by Gasteiger charge is -2.35. The minimum absolute atomic E-state index is 0.249. The summed E-state index contributed by atoms with van der Waals surface area (Å²) in [4.78, 5) is 50.7. The zero-order valence-corrected chi connectivity index (χ0v) is 17.9. The highest BCUT2D eigenvalue weighted by Gasteiger charge is 2.53. The Bertz CT molecular complexity index is 818. The Morgan fingerprint density at radius 1 is 1.13 bits per heavy atom. The number of likely N-dealkylation sites (N-methyl/N-ethyl adjacent to an activating group) is 1. The second-order valence-corrected chi connectivity index (χ2v) is 7.91. The number of fused-ring (bicyclic) bond motifs is 3. The predicted octanol–water partition coefficient (Wildman–Crippen LogP) is -0.125. The van der Waals surface area contributed by atoms with Crippen molar-refractivity contribution in [3.63, 3.8) is 0 Å². The second kappa shape index (κ2) is 7.78. The number of rotatable bonds is 4. The molecule has 2 unspecified atom stereocenters. The van der Waals surface area contributed by atoms with Gasteiger partial charge in [0.25, 0.3) is 5.91 Å². The Labute approximate surface area is 175 Å². The fourth-order valence-electron chi connectivity index (χ4n) is 4.40. The Kier molecular flexibility index (Phi) is 5.31. The summed E-state index contributed by atoms with van der Waals surface area (Å²) in [5.74, 6) is 0.410. The summed E-state index contributed by atoms with van der Waals surface area (Å²) in [6.45, 7) is 10.6. The summed E-state index contributed by atoms with van der Waals surface area (Å²) in [5.41, 5.74) is 2.04. The van der Waals surface area contributed by atoms with E-state index in [0.29, 0.717) is 19.7 Å². The summed E-state index contributed by atoms with van der Waals surface area (Å²) < 4.78 is 5.07. The zero-order valence-electron chi connectivity index (χ0n) is 17.9. The lowest BCUT2D eigenvalue weighted by atomic mass is 10.1. The first-order valence-corrected chi connectivity index (χ1v) is 10.4. The molecule has 0 radical (unpaired) electrons. The van der Waals surface area contributed by atoms with Gasteiger partial charge in [0.2, 0.25) is 5.96 Å². The molecule has 0 spiro atoms. The molecule has 0 aromatic rings. The average molecular weight is 419 g/mol. The van der Waals surface area contributed by atoms with Crippen molar-refractivity contribution in [2.45, 2.75) is 33.0 Å². The highest BCUT2D eigenvalue weighted by molar-refractivity contribution is 6.05. The minimum Gasteiger partial charge on any atom is -0.450 e. The van der Waals surface area contributed by atoms with Crippen LogP contribution < -0.4 is 5.32 Å². The molecule has 2 atom stereocenters. The Morgan fingerprint density at radius 3 is 2.50 bits per heavy atom. The van der Waals surface area contributed by atoms with Gasteiger partial charge in [0, 0.05) is 57.7 Å². The standard InChI is InChI=1S/C19H29N7O4/c1-5-30-19(29)24-9-6-23(7-10-24)8-11-25-12(2)13(3)26-14-15(20-17(25)26)22(4)18(28)21-16(14)27/h14-15H,5-11H2,1-4H3,(H,21,27,28). The van der Waals surface area contributed by atoms with E-state index in [9.17, 15) is 14.4 Å². The quantitative estimate of drug-likeness (QED) is 0.678. The number of piperazine rings is 1. The number of imide groups is 1. The number of guanidine groups is 1. The van der Waals surface area contributed by atoms with Gasteiger partial charge in [0.05, 0.1) is 6.61 Å². The minimum atomic E-state index is -0.532. The molecule has 30 heavy (non-hydrogen) atoms. The number of allylic oxidation sites excluding steroid dienone is 2. The lowest BCUT2D eigenvalue weighted by Crippen LogP contribution is -2.63. The number of carbonyl (C=O) groups is 3. The van der Waals surface area contributed by atoms with Crippen LogP contribution in [-0.2, 0) is 9.53 Å². The molecule has 4 aliphatic heterocycles. The van der Waals surface area contributed by atoms with Crippen LogP contribution >= 0.6 is 0 Å². The molecule has 0 saturated carbocycles. The van der Waals surface area contributed by atoms with Crippen LogP contribution in [0.25, 0.3) is 0 Å². The molecule has 0 aromatic heterocycles. The fourth-order valence-corrected chi connectivity index (χ4v) is 4.40. The summed E-state index contributed by atoms with van der Waals surface area (Å²) >= 11 is 0. The maximum Gasteiger partial charge on any atom is 0.409 e. The maximum atomic E-state index is 12.5. The number of nitrogens with zero attached hydrogens (tertiary/aromatic N) is 6. The van der Waals surface area contributed by atoms with Crippen molar-refractivity contribution in [1.82, 2.24) is 29.8 Å². The highest BCUT2D eigenvalue weighted by atomic mass is 16.6. The van der Waals surface area contributed by atoms with E-state index in [0.717, 1.165) is 43.5 Å². The molecule has 4 aliphatic rings. The number of urea groups is 1. The third kappa shape index (κ3) is 3.26. The monoisotopic (exact) mass is 419 g/mol. The van der Waals surface area contributed by atoms with Gasteiger partial charge >= 0.3 is 12.1 Å². The largest absolute Gasteiger partial charge is 0.450 e. The highest BCUT2D eigenvalue weighted by Crippen LogP contribution is 2.35. The van der Waals surface area contributed by atoms with Crippen LogP contribution in [0, 0.1) is 0 Å². The Balaban J connectivity index is 1.40. The van der Waals surface area contributed by atoms with Gasteiger partial charge in [-0.15, -0.1) is 0 Å². The van der Waals surface area contributed by atoms with E-state index < -0.39 is 18.2 Å². The summed E-state index contributed by atoms with van der Waals surface area (Å²) in [7, 11) is 1.66. The van der Waals surface area contributed by atoms with Gasteiger partial charge in [-0.1, -0.05) is 0 Å². The number of nitrogens with one attached hydrogen (secondary N) is 1. The molecule has 0 bridgehead atoms.